The minimum Gasteiger partial charge on any atom is -0.380 e. The van der Waals surface area contributed by atoms with Gasteiger partial charge in [-0.15, -0.1) is 11.3 Å². The number of thiazole rings is 1. The monoisotopic (exact) mass is 218 g/mol. The van der Waals surface area contributed by atoms with Gasteiger partial charge in [-0.3, -0.25) is 4.98 Å². The molecule has 1 heterocycles. The van der Waals surface area contributed by atoms with Crippen LogP contribution in [0.2, 0.25) is 0 Å². The summed E-state index contributed by atoms with van der Waals surface area (Å²) in [5.41, 5.74) is 5.69. The minimum atomic E-state index is 0.854. The highest BCUT2D eigenvalue weighted by molar-refractivity contribution is 7.09. The number of rotatable bonds is 3. The standard InChI is InChI=1S/C12H14N2S/c1-9-3-4-11(5-10(9)2)14-7-12-6-13-8-15-12/h3-6,8,14H,7H2,1-2H3. The van der Waals surface area contributed by atoms with Crippen molar-refractivity contribution >= 4 is 17.0 Å². The van der Waals surface area contributed by atoms with Crippen LogP contribution in [0.5, 0.6) is 0 Å². The first kappa shape index (κ1) is 10.2. The van der Waals surface area contributed by atoms with Gasteiger partial charge < -0.3 is 5.32 Å². The van der Waals surface area contributed by atoms with Gasteiger partial charge in [0.1, 0.15) is 0 Å². The molecule has 0 atom stereocenters. The number of hydrogen-bond donors (Lipinski definition) is 1. The second kappa shape index (κ2) is 4.45. The van der Waals surface area contributed by atoms with E-state index in [0.29, 0.717) is 0 Å². The fourth-order valence-corrected chi connectivity index (χ4v) is 1.90. The maximum Gasteiger partial charge on any atom is 0.0794 e. The van der Waals surface area contributed by atoms with Crippen LogP contribution < -0.4 is 5.32 Å². The Morgan fingerprint density at radius 1 is 1.27 bits per heavy atom. The van der Waals surface area contributed by atoms with Gasteiger partial charge in [0.05, 0.1) is 12.1 Å². The molecule has 0 fully saturated rings. The molecule has 0 aliphatic carbocycles. The van der Waals surface area contributed by atoms with Gasteiger partial charge in [0.15, 0.2) is 0 Å². The van der Waals surface area contributed by atoms with Crippen molar-refractivity contribution in [1.29, 1.82) is 0 Å². The van der Waals surface area contributed by atoms with Crippen LogP contribution in [0.1, 0.15) is 16.0 Å². The van der Waals surface area contributed by atoms with Gasteiger partial charge in [-0.2, -0.15) is 0 Å². The van der Waals surface area contributed by atoms with Crippen molar-refractivity contribution in [3.8, 4) is 0 Å². The normalized spacial score (nSPS) is 10.3. The number of nitrogens with one attached hydrogen (secondary N) is 1. The Hall–Kier alpha value is -1.35. The fourth-order valence-electron chi connectivity index (χ4n) is 1.37. The van der Waals surface area contributed by atoms with Crippen molar-refractivity contribution < 1.29 is 0 Å². The van der Waals surface area contributed by atoms with Crippen molar-refractivity contribution in [2.75, 3.05) is 5.32 Å². The Labute approximate surface area is 94.0 Å². The van der Waals surface area contributed by atoms with Crippen LogP contribution in [0.3, 0.4) is 0 Å². The number of aryl methyl sites for hydroxylation is 2. The van der Waals surface area contributed by atoms with Gasteiger partial charge in [0.25, 0.3) is 0 Å². The van der Waals surface area contributed by atoms with Crippen LogP contribution in [0.4, 0.5) is 5.69 Å². The third-order valence-corrected chi connectivity index (χ3v) is 3.24. The van der Waals surface area contributed by atoms with Crippen LogP contribution in [-0.4, -0.2) is 4.98 Å². The molecule has 0 bridgehead atoms. The molecular formula is C12H14N2S. The van der Waals surface area contributed by atoms with Gasteiger partial charge in [-0.25, -0.2) is 0 Å². The highest BCUT2D eigenvalue weighted by Gasteiger charge is 1.97. The summed E-state index contributed by atoms with van der Waals surface area (Å²) in [5, 5.41) is 3.39. The fraction of sp³-hybridized carbons (Fsp3) is 0.250. The second-order valence-corrected chi connectivity index (χ2v) is 4.59. The maximum absolute atomic E-state index is 4.04. The summed E-state index contributed by atoms with van der Waals surface area (Å²) in [7, 11) is 0. The van der Waals surface area contributed by atoms with E-state index in [4.69, 9.17) is 0 Å². The van der Waals surface area contributed by atoms with E-state index in [1.54, 1.807) is 11.3 Å². The average Bonchev–Trinajstić information content (AvgIpc) is 2.73. The quantitative estimate of drug-likeness (QED) is 0.854. The first-order valence-corrected chi connectivity index (χ1v) is 5.82. The topological polar surface area (TPSA) is 24.9 Å². The molecule has 0 amide bonds. The molecule has 3 heteroatoms. The van der Waals surface area contributed by atoms with Crippen LogP contribution in [-0.2, 0) is 6.54 Å². The van der Waals surface area contributed by atoms with Gasteiger partial charge in [0, 0.05) is 16.8 Å². The van der Waals surface area contributed by atoms with Crippen LogP contribution in [0, 0.1) is 13.8 Å². The third kappa shape index (κ3) is 2.57. The molecule has 0 radical (unpaired) electrons. The number of benzene rings is 1. The Bertz CT molecular complexity index is 435. The molecule has 0 saturated heterocycles. The first-order valence-electron chi connectivity index (χ1n) is 4.94. The highest BCUT2D eigenvalue weighted by Crippen LogP contribution is 2.15. The largest absolute Gasteiger partial charge is 0.380 e. The second-order valence-electron chi connectivity index (χ2n) is 3.62. The van der Waals surface area contributed by atoms with Crippen molar-refractivity contribution in [2.45, 2.75) is 20.4 Å². The zero-order chi connectivity index (χ0) is 10.7. The van der Waals surface area contributed by atoms with Crippen molar-refractivity contribution in [3.63, 3.8) is 0 Å². The van der Waals surface area contributed by atoms with Crippen molar-refractivity contribution in [1.82, 2.24) is 4.98 Å². The predicted molar refractivity (Wildman–Crippen MR) is 65.4 cm³/mol. The summed E-state index contributed by atoms with van der Waals surface area (Å²) < 4.78 is 0. The van der Waals surface area contributed by atoms with E-state index in [1.807, 2.05) is 11.7 Å². The Balaban J connectivity index is 2.02. The van der Waals surface area contributed by atoms with Crippen molar-refractivity contribution in [3.05, 3.63) is 45.9 Å². The Morgan fingerprint density at radius 2 is 2.13 bits per heavy atom. The first-order chi connectivity index (χ1) is 7.25. The van der Waals surface area contributed by atoms with E-state index < -0.39 is 0 Å². The highest BCUT2D eigenvalue weighted by atomic mass is 32.1. The van der Waals surface area contributed by atoms with E-state index >= 15 is 0 Å². The van der Waals surface area contributed by atoms with E-state index in [2.05, 4.69) is 42.3 Å². The molecule has 1 aromatic heterocycles. The summed E-state index contributed by atoms with van der Waals surface area (Å²) in [5.74, 6) is 0. The van der Waals surface area contributed by atoms with E-state index in [9.17, 15) is 0 Å². The smallest absolute Gasteiger partial charge is 0.0794 e. The minimum absolute atomic E-state index is 0.854. The summed E-state index contributed by atoms with van der Waals surface area (Å²) >= 11 is 1.68. The Morgan fingerprint density at radius 3 is 2.80 bits per heavy atom. The third-order valence-electron chi connectivity index (χ3n) is 2.46. The lowest BCUT2D eigenvalue weighted by molar-refractivity contribution is 1.17. The summed E-state index contributed by atoms with van der Waals surface area (Å²) in [4.78, 5) is 5.30. The zero-order valence-electron chi connectivity index (χ0n) is 8.95. The van der Waals surface area contributed by atoms with Gasteiger partial charge in [-0.05, 0) is 37.1 Å². The summed E-state index contributed by atoms with van der Waals surface area (Å²) in [6.45, 7) is 5.11. The molecule has 1 aromatic carbocycles. The zero-order valence-corrected chi connectivity index (χ0v) is 9.77. The van der Waals surface area contributed by atoms with E-state index in [-0.39, 0.29) is 0 Å². The molecule has 2 nitrogen and oxygen atoms in total. The number of anilines is 1. The van der Waals surface area contributed by atoms with E-state index in [1.165, 1.54) is 21.7 Å². The molecule has 0 spiro atoms. The lowest BCUT2D eigenvalue weighted by atomic mass is 10.1. The molecule has 2 rings (SSSR count). The molecule has 15 heavy (non-hydrogen) atoms. The molecule has 0 saturated carbocycles. The molecule has 0 aliphatic heterocycles. The van der Waals surface area contributed by atoms with E-state index in [0.717, 1.165) is 6.54 Å². The van der Waals surface area contributed by atoms with Crippen molar-refractivity contribution in [2.24, 2.45) is 0 Å². The molecule has 1 N–H and O–H groups in total. The maximum atomic E-state index is 4.04. The predicted octanol–water partition coefficient (Wildman–Crippen LogP) is 3.37. The van der Waals surface area contributed by atoms with Crippen LogP contribution in [0.15, 0.2) is 29.9 Å². The lowest BCUT2D eigenvalue weighted by Crippen LogP contribution is -1.97. The lowest BCUT2D eigenvalue weighted by Gasteiger charge is -2.07. The van der Waals surface area contributed by atoms with Gasteiger partial charge in [-0.1, -0.05) is 6.07 Å². The van der Waals surface area contributed by atoms with Crippen LogP contribution >= 0.6 is 11.3 Å². The number of nitrogens with zero attached hydrogens (tertiary/aromatic N) is 1. The number of hydrogen-bond acceptors (Lipinski definition) is 3. The number of aromatic nitrogens is 1. The molecule has 0 aliphatic rings. The summed E-state index contributed by atoms with van der Waals surface area (Å²) in [6, 6.07) is 6.43. The molecule has 78 valence electrons. The molecule has 2 aromatic rings. The summed E-state index contributed by atoms with van der Waals surface area (Å²) in [6.07, 6.45) is 1.90. The Kier molecular flexibility index (Phi) is 3.02. The van der Waals surface area contributed by atoms with Crippen LogP contribution in [0.25, 0.3) is 0 Å². The SMILES string of the molecule is Cc1ccc(NCc2cncs2)cc1C. The molecular weight excluding hydrogens is 204 g/mol. The van der Waals surface area contributed by atoms with Gasteiger partial charge in [0.2, 0.25) is 0 Å². The average molecular weight is 218 g/mol. The molecule has 0 unspecified atom stereocenters. The van der Waals surface area contributed by atoms with Gasteiger partial charge >= 0.3 is 0 Å².